The zero-order valence-corrected chi connectivity index (χ0v) is 20.3. The van der Waals surface area contributed by atoms with Crippen LogP contribution in [-0.4, -0.2) is 30.3 Å². The fourth-order valence-electron chi connectivity index (χ4n) is 3.70. The number of para-hydroxylation sites is 2. The Morgan fingerprint density at radius 2 is 1.67 bits per heavy atom. The Labute approximate surface area is 212 Å². The van der Waals surface area contributed by atoms with Crippen LogP contribution >= 0.6 is 11.6 Å². The Balaban J connectivity index is 1.55. The average Bonchev–Trinajstić information content (AvgIpc) is 3.08. The van der Waals surface area contributed by atoms with Gasteiger partial charge in [-0.25, -0.2) is 9.69 Å². The fraction of sp³-hybridized carbons (Fsp3) is 0.111. The van der Waals surface area contributed by atoms with E-state index >= 15 is 0 Å². The molecule has 9 heteroatoms. The van der Waals surface area contributed by atoms with Crippen molar-refractivity contribution in [2.45, 2.75) is 13.8 Å². The van der Waals surface area contributed by atoms with Crippen LogP contribution in [0.15, 0.2) is 83.5 Å². The van der Waals surface area contributed by atoms with Gasteiger partial charge in [-0.2, -0.15) is 0 Å². The number of halogens is 1. The summed E-state index contributed by atoms with van der Waals surface area (Å²) in [4.78, 5) is 52.0. The molecular weight excluding hydrogens is 482 g/mol. The van der Waals surface area contributed by atoms with Crippen molar-refractivity contribution >= 4 is 52.4 Å². The lowest BCUT2D eigenvalue weighted by atomic mass is 10.1. The van der Waals surface area contributed by atoms with Crippen molar-refractivity contribution in [2.24, 2.45) is 0 Å². The van der Waals surface area contributed by atoms with E-state index in [2.05, 4.69) is 10.6 Å². The quantitative estimate of drug-likeness (QED) is 0.352. The van der Waals surface area contributed by atoms with E-state index < -0.39 is 23.7 Å². The van der Waals surface area contributed by atoms with E-state index in [-0.39, 0.29) is 28.5 Å². The van der Waals surface area contributed by atoms with E-state index in [1.807, 2.05) is 0 Å². The van der Waals surface area contributed by atoms with Crippen molar-refractivity contribution in [1.82, 2.24) is 0 Å². The third kappa shape index (κ3) is 4.85. The van der Waals surface area contributed by atoms with Gasteiger partial charge >= 0.3 is 5.97 Å². The number of aryl methyl sites for hydroxylation is 1. The number of anilines is 3. The van der Waals surface area contributed by atoms with E-state index in [0.717, 1.165) is 10.5 Å². The monoisotopic (exact) mass is 503 g/mol. The van der Waals surface area contributed by atoms with Crippen LogP contribution in [0.2, 0.25) is 0 Å². The molecule has 0 saturated carbocycles. The standard InChI is InChI=1S/C27H22ClN3O5/c1-3-36-27(35)19-12-5-6-13-20(19)30-24(32)17-10-8-11-18(15-17)29-23-22(28)25(33)31(26(23)34)21-14-7-4-9-16(21)2/h4-15,29H,3H2,1-2H3,(H,30,32). The molecule has 0 aliphatic carbocycles. The smallest absolute Gasteiger partial charge is 0.340 e. The second-order valence-electron chi connectivity index (χ2n) is 7.85. The van der Waals surface area contributed by atoms with Gasteiger partial charge in [0.25, 0.3) is 17.7 Å². The highest BCUT2D eigenvalue weighted by molar-refractivity contribution is 6.53. The van der Waals surface area contributed by atoms with E-state index in [1.54, 1.807) is 80.6 Å². The Kier molecular flexibility index (Phi) is 7.17. The highest BCUT2D eigenvalue weighted by Gasteiger charge is 2.39. The van der Waals surface area contributed by atoms with E-state index in [0.29, 0.717) is 17.1 Å². The molecule has 0 bridgehead atoms. The predicted molar refractivity (Wildman–Crippen MR) is 137 cm³/mol. The van der Waals surface area contributed by atoms with Gasteiger partial charge < -0.3 is 15.4 Å². The molecular formula is C27H22ClN3O5. The summed E-state index contributed by atoms with van der Waals surface area (Å²) in [6, 6.07) is 19.8. The molecule has 4 rings (SSSR count). The minimum atomic E-state index is -0.636. The summed E-state index contributed by atoms with van der Waals surface area (Å²) < 4.78 is 5.04. The molecule has 3 aromatic carbocycles. The van der Waals surface area contributed by atoms with Crippen LogP contribution in [0.3, 0.4) is 0 Å². The number of nitrogens with one attached hydrogen (secondary N) is 2. The SMILES string of the molecule is CCOC(=O)c1ccccc1NC(=O)c1cccc(NC2=C(Cl)C(=O)N(c3ccccc3C)C2=O)c1. The number of esters is 1. The minimum absolute atomic E-state index is 0.0878. The molecule has 3 aromatic rings. The molecule has 0 radical (unpaired) electrons. The molecule has 0 atom stereocenters. The largest absolute Gasteiger partial charge is 0.462 e. The van der Waals surface area contributed by atoms with Crippen LogP contribution in [0.5, 0.6) is 0 Å². The molecule has 0 fully saturated rings. The normalized spacial score (nSPS) is 13.1. The van der Waals surface area contributed by atoms with Crippen LogP contribution in [0.4, 0.5) is 17.1 Å². The molecule has 0 aromatic heterocycles. The van der Waals surface area contributed by atoms with Crippen LogP contribution in [0.25, 0.3) is 0 Å². The second-order valence-corrected chi connectivity index (χ2v) is 8.23. The Morgan fingerprint density at radius 3 is 2.42 bits per heavy atom. The highest BCUT2D eigenvalue weighted by Crippen LogP contribution is 2.32. The maximum Gasteiger partial charge on any atom is 0.340 e. The molecule has 1 aliphatic heterocycles. The first-order chi connectivity index (χ1) is 17.3. The van der Waals surface area contributed by atoms with Crippen molar-refractivity contribution in [3.63, 3.8) is 0 Å². The first kappa shape index (κ1) is 24.7. The number of rotatable bonds is 7. The molecule has 182 valence electrons. The molecule has 1 aliphatic rings. The number of hydrogen-bond donors (Lipinski definition) is 2. The summed E-state index contributed by atoms with van der Waals surface area (Å²) in [5.74, 6) is -2.26. The Bertz CT molecular complexity index is 1420. The number of carbonyl (C=O) groups is 4. The zero-order valence-electron chi connectivity index (χ0n) is 19.5. The van der Waals surface area contributed by atoms with Crippen molar-refractivity contribution in [1.29, 1.82) is 0 Å². The molecule has 0 spiro atoms. The highest BCUT2D eigenvalue weighted by atomic mass is 35.5. The Hall–Kier alpha value is -4.43. The van der Waals surface area contributed by atoms with Crippen molar-refractivity contribution in [2.75, 3.05) is 22.1 Å². The van der Waals surface area contributed by atoms with Crippen molar-refractivity contribution in [3.05, 3.63) is 100 Å². The van der Waals surface area contributed by atoms with Gasteiger partial charge in [-0.05, 0) is 55.8 Å². The fourth-order valence-corrected chi connectivity index (χ4v) is 3.91. The van der Waals surface area contributed by atoms with Gasteiger partial charge in [0, 0.05) is 11.3 Å². The predicted octanol–water partition coefficient (Wildman–Crippen LogP) is 4.86. The van der Waals surface area contributed by atoms with Gasteiger partial charge in [0.2, 0.25) is 0 Å². The lowest BCUT2D eigenvalue weighted by Crippen LogP contribution is -2.32. The first-order valence-corrected chi connectivity index (χ1v) is 11.5. The van der Waals surface area contributed by atoms with E-state index in [1.165, 1.54) is 6.07 Å². The summed E-state index contributed by atoms with van der Waals surface area (Å²) >= 11 is 6.23. The van der Waals surface area contributed by atoms with Gasteiger partial charge in [0.1, 0.15) is 10.7 Å². The zero-order chi connectivity index (χ0) is 25.8. The molecule has 0 unspecified atom stereocenters. The molecule has 8 nitrogen and oxygen atoms in total. The molecule has 3 amide bonds. The third-order valence-electron chi connectivity index (χ3n) is 5.45. The number of ether oxygens (including phenoxy) is 1. The number of carbonyl (C=O) groups excluding carboxylic acids is 4. The van der Waals surface area contributed by atoms with Gasteiger partial charge in [0.05, 0.1) is 23.5 Å². The van der Waals surface area contributed by atoms with E-state index in [9.17, 15) is 19.2 Å². The first-order valence-electron chi connectivity index (χ1n) is 11.1. The maximum absolute atomic E-state index is 13.1. The third-order valence-corrected chi connectivity index (χ3v) is 5.80. The van der Waals surface area contributed by atoms with Gasteiger partial charge in [-0.3, -0.25) is 14.4 Å². The van der Waals surface area contributed by atoms with Gasteiger partial charge in [-0.15, -0.1) is 0 Å². The molecule has 2 N–H and O–H groups in total. The van der Waals surface area contributed by atoms with Crippen LogP contribution in [-0.2, 0) is 14.3 Å². The summed E-state index contributed by atoms with van der Waals surface area (Å²) in [7, 11) is 0. The topological polar surface area (TPSA) is 105 Å². The second kappa shape index (κ2) is 10.5. The number of benzene rings is 3. The number of nitrogens with zero attached hydrogens (tertiary/aromatic N) is 1. The van der Waals surface area contributed by atoms with Gasteiger partial charge in [0.15, 0.2) is 0 Å². The van der Waals surface area contributed by atoms with Crippen LogP contribution in [0.1, 0.15) is 33.2 Å². The lowest BCUT2D eigenvalue weighted by Gasteiger charge is -2.17. The average molecular weight is 504 g/mol. The number of amides is 3. The maximum atomic E-state index is 13.1. The molecule has 1 heterocycles. The Morgan fingerprint density at radius 1 is 0.944 bits per heavy atom. The van der Waals surface area contributed by atoms with Crippen molar-refractivity contribution < 1.29 is 23.9 Å². The molecule has 36 heavy (non-hydrogen) atoms. The molecule has 0 saturated heterocycles. The summed E-state index contributed by atoms with van der Waals surface area (Å²) in [5, 5.41) is 5.34. The summed E-state index contributed by atoms with van der Waals surface area (Å²) in [5.41, 5.74) is 2.25. The van der Waals surface area contributed by atoms with Crippen molar-refractivity contribution in [3.8, 4) is 0 Å². The summed E-state index contributed by atoms with van der Waals surface area (Å²) in [6.07, 6.45) is 0. The van der Waals surface area contributed by atoms with E-state index in [4.69, 9.17) is 16.3 Å². The number of imide groups is 1. The van der Waals surface area contributed by atoms with Crippen LogP contribution < -0.4 is 15.5 Å². The lowest BCUT2D eigenvalue weighted by molar-refractivity contribution is -0.120. The number of hydrogen-bond acceptors (Lipinski definition) is 6. The minimum Gasteiger partial charge on any atom is -0.462 e. The van der Waals surface area contributed by atoms with Crippen LogP contribution in [0, 0.1) is 6.92 Å². The van der Waals surface area contributed by atoms with Gasteiger partial charge in [-0.1, -0.05) is 48.0 Å². The summed E-state index contributed by atoms with van der Waals surface area (Å²) in [6.45, 7) is 3.69.